The summed E-state index contributed by atoms with van der Waals surface area (Å²) < 4.78 is 13.4. The third kappa shape index (κ3) is 1.93. The minimum absolute atomic E-state index is 0.397. The minimum atomic E-state index is -0.397. The first-order valence-electron chi connectivity index (χ1n) is 6.72. The number of halogens is 1. The van der Waals surface area contributed by atoms with Crippen LogP contribution in [0, 0.1) is 0 Å². The third-order valence-electron chi connectivity index (χ3n) is 3.92. The van der Waals surface area contributed by atoms with Gasteiger partial charge in [-0.25, -0.2) is 9.67 Å². The van der Waals surface area contributed by atoms with E-state index in [0.29, 0.717) is 18.4 Å². The molecule has 0 saturated carbocycles. The first-order chi connectivity index (χ1) is 9.76. The maximum Gasteiger partial charge on any atom is 0.172 e. The Labute approximate surface area is 121 Å². The van der Waals surface area contributed by atoms with Crippen LogP contribution in [0.5, 0.6) is 0 Å². The molecular formula is C14H14ClN3O2. The molecular weight excluding hydrogens is 278 g/mol. The molecule has 104 valence electrons. The Balaban J connectivity index is 1.70. The molecule has 0 bridgehead atoms. The standard InChI is InChI=1S/C14H14ClN3O2/c15-13-7-12-10(8-16-13)9-17-18(12)11-1-3-14(4-2-11)19-5-6-20-14/h1,7-9H,2-6H2. The van der Waals surface area contributed by atoms with Crippen molar-refractivity contribution in [3.63, 3.8) is 0 Å². The first-order valence-corrected chi connectivity index (χ1v) is 7.10. The molecule has 20 heavy (non-hydrogen) atoms. The molecule has 4 rings (SSSR count). The van der Waals surface area contributed by atoms with Gasteiger partial charge in [0.25, 0.3) is 0 Å². The van der Waals surface area contributed by atoms with E-state index >= 15 is 0 Å². The highest BCUT2D eigenvalue weighted by molar-refractivity contribution is 6.30. The molecule has 2 aromatic rings. The van der Waals surface area contributed by atoms with Crippen LogP contribution in [0.15, 0.2) is 24.5 Å². The Morgan fingerprint density at radius 3 is 2.85 bits per heavy atom. The average Bonchev–Trinajstić information content (AvgIpc) is 3.07. The fourth-order valence-electron chi connectivity index (χ4n) is 2.87. The van der Waals surface area contributed by atoms with Gasteiger partial charge in [-0.05, 0) is 6.42 Å². The lowest BCUT2D eigenvalue weighted by molar-refractivity contribution is -0.160. The largest absolute Gasteiger partial charge is 0.347 e. The van der Waals surface area contributed by atoms with Gasteiger partial charge in [0.15, 0.2) is 5.79 Å². The van der Waals surface area contributed by atoms with Crippen molar-refractivity contribution in [2.45, 2.75) is 25.0 Å². The Bertz CT molecular complexity index is 689. The molecule has 1 saturated heterocycles. The summed E-state index contributed by atoms with van der Waals surface area (Å²) in [6.45, 7) is 1.38. The van der Waals surface area contributed by atoms with Crippen molar-refractivity contribution in [3.05, 3.63) is 29.7 Å². The van der Waals surface area contributed by atoms with E-state index in [1.807, 2.05) is 16.9 Å². The van der Waals surface area contributed by atoms with Gasteiger partial charge in [-0.2, -0.15) is 5.10 Å². The third-order valence-corrected chi connectivity index (χ3v) is 4.12. The lowest BCUT2D eigenvalue weighted by Crippen LogP contribution is -2.32. The molecule has 0 aromatic carbocycles. The molecule has 1 spiro atoms. The topological polar surface area (TPSA) is 49.2 Å². The number of allylic oxidation sites excluding steroid dienone is 1. The molecule has 1 fully saturated rings. The number of rotatable bonds is 1. The normalized spacial score (nSPS) is 21.6. The van der Waals surface area contributed by atoms with Crippen molar-refractivity contribution in [3.8, 4) is 0 Å². The van der Waals surface area contributed by atoms with Crippen LogP contribution in [0.25, 0.3) is 16.6 Å². The zero-order valence-corrected chi connectivity index (χ0v) is 11.6. The summed E-state index contributed by atoms with van der Waals surface area (Å²) in [6.07, 6.45) is 8.20. The summed E-state index contributed by atoms with van der Waals surface area (Å²) in [6, 6.07) is 1.84. The minimum Gasteiger partial charge on any atom is -0.347 e. The molecule has 0 radical (unpaired) electrons. The van der Waals surface area contributed by atoms with E-state index in [2.05, 4.69) is 16.2 Å². The summed E-state index contributed by atoms with van der Waals surface area (Å²) in [5.41, 5.74) is 2.15. The Morgan fingerprint density at radius 2 is 2.10 bits per heavy atom. The smallest absolute Gasteiger partial charge is 0.172 e. The number of hydrogen-bond acceptors (Lipinski definition) is 4. The quantitative estimate of drug-likeness (QED) is 0.758. The fraction of sp³-hybridized carbons (Fsp3) is 0.429. The molecule has 0 unspecified atom stereocenters. The van der Waals surface area contributed by atoms with E-state index in [1.165, 1.54) is 0 Å². The van der Waals surface area contributed by atoms with Crippen LogP contribution in [-0.2, 0) is 9.47 Å². The van der Waals surface area contributed by atoms with E-state index < -0.39 is 5.79 Å². The summed E-state index contributed by atoms with van der Waals surface area (Å²) in [4.78, 5) is 4.08. The van der Waals surface area contributed by atoms with Crippen molar-refractivity contribution in [2.75, 3.05) is 13.2 Å². The molecule has 1 aliphatic carbocycles. The van der Waals surface area contributed by atoms with Crippen LogP contribution in [0.3, 0.4) is 0 Å². The van der Waals surface area contributed by atoms with Crippen molar-refractivity contribution in [1.82, 2.24) is 14.8 Å². The second-order valence-electron chi connectivity index (χ2n) is 5.13. The maximum atomic E-state index is 5.97. The Kier molecular flexibility index (Phi) is 2.80. The predicted molar refractivity (Wildman–Crippen MR) is 75.3 cm³/mol. The van der Waals surface area contributed by atoms with Gasteiger partial charge in [0.1, 0.15) is 5.15 Å². The van der Waals surface area contributed by atoms with Crippen molar-refractivity contribution >= 4 is 28.2 Å². The second kappa shape index (κ2) is 4.55. The highest BCUT2D eigenvalue weighted by atomic mass is 35.5. The van der Waals surface area contributed by atoms with Crippen molar-refractivity contribution in [2.24, 2.45) is 0 Å². The van der Waals surface area contributed by atoms with Gasteiger partial charge in [0.05, 0.1) is 24.9 Å². The number of ether oxygens (including phenoxy) is 2. The van der Waals surface area contributed by atoms with Crippen molar-refractivity contribution in [1.29, 1.82) is 0 Å². The molecule has 0 amide bonds. The van der Waals surface area contributed by atoms with E-state index in [0.717, 1.165) is 35.9 Å². The highest BCUT2D eigenvalue weighted by Gasteiger charge is 2.38. The molecule has 3 heterocycles. The van der Waals surface area contributed by atoms with Crippen LogP contribution in [0.1, 0.15) is 19.3 Å². The Hall–Kier alpha value is -1.43. The number of pyridine rings is 1. The summed E-state index contributed by atoms with van der Waals surface area (Å²) >= 11 is 5.97. The molecule has 0 N–H and O–H groups in total. The highest BCUT2D eigenvalue weighted by Crippen LogP contribution is 2.37. The van der Waals surface area contributed by atoms with Gasteiger partial charge in [-0.1, -0.05) is 17.7 Å². The number of hydrogen-bond donors (Lipinski definition) is 0. The van der Waals surface area contributed by atoms with Crippen molar-refractivity contribution < 1.29 is 9.47 Å². The van der Waals surface area contributed by atoms with E-state index in [4.69, 9.17) is 21.1 Å². The molecule has 0 atom stereocenters. The second-order valence-corrected chi connectivity index (χ2v) is 5.52. The fourth-order valence-corrected chi connectivity index (χ4v) is 3.02. The number of aromatic nitrogens is 3. The van der Waals surface area contributed by atoms with Gasteiger partial charge < -0.3 is 9.47 Å². The zero-order valence-electron chi connectivity index (χ0n) is 10.9. The van der Waals surface area contributed by atoms with Gasteiger partial charge >= 0.3 is 0 Å². The van der Waals surface area contributed by atoms with Crippen LogP contribution < -0.4 is 0 Å². The van der Waals surface area contributed by atoms with E-state index in [9.17, 15) is 0 Å². The number of nitrogens with zero attached hydrogens (tertiary/aromatic N) is 3. The molecule has 1 aliphatic heterocycles. The molecule has 6 heteroatoms. The molecule has 2 aromatic heterocycles. The van der Waals surface area contributed by atoms with Gasteiger partial charge in [-0.15, -0.1) is 0 Å². The molecule has 2 aliphatic rings. The summed E-state index contributed by atoms with van der Waals surface area (Å²) in [5, 5.41) is 5.91. The number of fused-ring (bicyclic) bond motifs is 1. The van der Waals surface area contributed by atoms with E-state index in [1.54, 1.807) is 6.20 Å². The van der Waals surface area contributed by atoms with Gasteiger partial charge in [0.2, 0.25) is 0 Å². The molecule has 5 nitrogen and oxygen atoms in total. The van der Waals surface area contributed by atoms with Crippen LogP contribution in [0.4, 0.5) is 0 Å². The SMILES string of the molecule is Clc1cc2c(cn1)cnn2C1=CCC2(CC1)OCCO2. The monoisotopic (exact) mass is 291 g/mol. The zero-order chi connectivity index (χ0) is 13.6. The Morgan fingerprint density at radius 1 is 1.25 bits per heavy atom. The van der Waals surface area contributed by atoms with Gasteiger partial charge in [0, 0.05) is 36.2 Å². The summed E-state index contributed by atoms with van der Waals surface area (Å²) in [5.74, 6) is -0.397. The van der Waals surface area contributed by atoms with Crippen LogP contribution in [-0.4, -0.2) is 33.8 Å². The maximum absolute atomic E-state index is 5.97. The van der Waals surface area contributed by atoms with Gasteiger partial charge in [-0.3, -0.25) is 0 Å². The van der Waals surface area contributed by atoms with Crippen LogP contribution in [0.2, 0.25) is 5.15 Å². The average molecular weight is 292 g/mol. The van der Waals surface area contributed by atoms with Crippen LogP contribution >= 0.6 is 11.6 Å². The summed E-state index contributed by atoms with van der Waals surface area (Å²) in [7, 11) is 0. The lowest BCUT2D eigenvalue weighted by atomic mass is 9.98. The van der Waals surface area contributed by atoms with E-state index in [-0.39, 0.29) is 0 Å². The first kappa shape index (κ1) is 12.3. The lowest BCUT2D eigenvalue weighted by Gasteiger charge is -2.30. The predicted octanol–water partition coefficient (Wildman–Crippen LogP) is 2.85.